The third-order valence-corrected chi connectivity index (χ3v) is 3.03. The monoisotopic (exact) mass is 288 g/mol. The van der Waals surface area contributed by atoms with Crippen LogP contribution < -0.4 is 5.32 Å². The number of aromatic nitrogens is 1. The van der Waals surface area contributed by atoms with E-state index < -0.39 is 11.9 Å². The Bertz CT molecular complexity index is 622. The van der Waals surface area contributed by atoms with Gasteiger partial charge in [0.2, 0.25) is 0 Å². The molecule has 2 aromatic heterocycles. The first kappa shape index (κ1) is 14.8. The number of carbonyl (C=O) groups excluding carboxylic acids is 1. The van der Waals surface area contributed by atoms with Crippen LogP contribution in [0.5, 0.6) is 0 Å². The summed E-state index contributed by atoms with van der Waals surface area (Å²) in [5.41, 5.74) is -0.178. The highest BCUT2D eigenvalue weighted by atomic mass is 16.4. The van der Waals surface area contributed by atoms with Gasteiger partial charge in [0.15, 0.2) is 0 Å². The van der Waals surface area contributed by atoms with Crippen molar-refractivity contribution in [2.24, 2.45) is 0 Å². The summed E-state index contributed by atoms with van der Waals surface area (Å²) in [4.78, 5) is 27.0. The van der Waals surface area contributed by atoms with Crippen LogP contribution in [0.2, 0.25) is 0 Å². The molecule has 0 saturated heterocycles. The molecule has 110 valence electrons. The van der Waals surface area contributed by atoms with E-state index in [1.807, 2.05) is 19.1 Å². The number of carboxylic acid groups (broad SMARTS) is 1. The van der Waals surface area contributed by atoms with Crippen LogP contribution in [0.4, 0.5) is 0 Å². The Morgan fingerprint density at radius 2 is 2.19 bits per heavy atom. The summed E-state index contributed by atoms with van der Waals surface area (Å²) in [6.45, 7) is 1.85. The molecular weight excluding hydrogens is 272 g/mol. The number of rotatable bonds is 6. The summed E-state index contributed by atoms with van der Waals surface area (Å²) < 4.78 is 5.22. The molecule has 1 unspecified atom stereocenters. The Labute approximate surface area is 121 Å². The van der Waals surface area contributed by atoms with Crippen LogP contribution in [0, 0.1) is 0 Å². The average molecular weight is 288 g/mol. The molecule has 2 rings (SSSR count). The van der Waals surface area contributed by atoms with Crippen molar-refractivity contribution in [1.29, 1.82) is 0 Å². The quantitative estimate of drug-likeness (QED) is 0.849. The molecule has 1 atom stereocenters. The number of furan rings is 1. The fourth-order valence-electron chi connectivity index (χ4n) is 1.94. The number of pyridine rings is 1. The van der Waals surface area contributed by atoms with E-state index in [2.05, 4.69) is 10.3 Å². The van der Waals surface area contributed by atoms with Crippen molar-refractivity contribution in [1.82, 2.24) is 10.3 Å². The second-order valence-corrected chi connectivity index (χ2v) is 4.70. The number of carboxylic acids is 1. The van der Waals surface area contributed by atoms with Crippen LogP contribution in [-0.4, -0.2) is 28.0 Å². The molecule has 2 N–H and O–H groups in total. The minimum absolute atomic E-state index is 0.0742. The van der Waals surface area contributed by atoms with Crippen LogP contribution in [0.1, 0.15) is 40.0 Å². The molecule has 2 heterocycles. The van der Waals surface area contributed by atoms with Gasteiger partial charge in [-0.1, -0.05) is 0 Å². The highest BCUT2D eigenvalue weighted by Gasteiger charge is 2.19. The number of amides is 1. The zero-order valence-corrected chi connectivity index (χ0v) is 11.6. The van der Waals surface area contributed by atoms with Crippen molar-refractivity contribution in [3.05, 3.63) is 53.7 Å². The van der Waals surface area contributed by atoms with Crippen molar-refractivity contribution in [2.45, 2.75) is 25.8 Å². The van der Waals surface area contributed by atoms with Crippen LogP contribution in [0.3, 0.4) is 0 Å². The zero-order valence-electron chi connectivity index (χ0n) is 11.6. The third-order valence-electron chi connectivity index (χ3n) is 3.03. The van der Waals surface area contributed by atoms with E-state index in [0.29, 0.717) is 12.8 Å². The summed E-state index contributed by atoms with van der Waals surface area (Å²) in [7, 11) is 0. The van der Waals surface area contributed by atoms with E-state index >= 15 is 0 Å². The topological polar surface area (TPSA) is 92.4 Å². The number of hydrogen-bond donors (Lipinski definition) is 2. The van der Waals surface area contributed by atoms with Crippen molar-refractivity contribution in [3.8, 4) is 0 Å². The summed E-state index contributed by atoms with van der Waals surface area (Å²) in [6, 6.07) is 6.41. The number of nitrogens with zero attached hydrogens (tertiary/aromatic N) is 1. The van der Waals surface area contributed by atoms with E-state index in [0.717, 1.165) is 5.76 Å². The van der Waals surface area contributed by atoms with Gasteiger partial charge in [-0.05, 0) is 37.6 Å². The molecule has 0 saturated carbocycles. The van der Waals surface area contributed by atoms with Gasteiger partial charge in [-0.3, -0.25) is 9.78 Å². The highest BCUT2D eigenvalue weighted by Crippen LogP contribution is 2.08. The first-order valence-electron chi connectivity index (χ1n) is 6.59. The van der Waals surface area contributed by atoms with E-state index in [9.17, 15) is 9.59 Å². The minimum Gasteiger partial charge on any atom is -0.478 e. The number of hydrogen-bond acceptors (Lipinski definition) is 4. The number of aryl methyl sites for hydroxylation is 1. The van der Waals surface area contributed by atoms with Crippen LogP contribution in [0.15, 0.2) is 41.1 Å². The van der Waals surface area contributed by atoms with Crippen molar-refractivity contribution >= 4 is 11.9 Å². The number of nitrogens with one attached hydrogen (secondary N) is 1. The molecule has 0 fully saturated rings. The van der Waals surface area contributed by atoms with Crippen molar-refractivity contribution in [2.75, 3.05) is 0 Å². The standard InChI is InChI=1S/C15H16N2O4/c1-10(6-7-11-4-3-9-21-11)17-14(18)13-12(15(19)20)5-2-8-16-13/h2-5,8-10H,6-7H2,1H3,(H,17,18)(H,19,20). The average Bonchev–Trinajstić information content (AvgIpc) is 2.98. The maximum atomic E-state index is 12.1. The largest absolute Gasteiger partial charge is 0.478 e. The first-order valence-corrected chi connectivity index (χ1v) is 6.59. The molecule has 0 aliphatic rings. The van der Waals surface area contributed by atoms with Gasteiger partial charge >= 0.3 is 5.97 Å². The van der Waals surface area contributed by atoms with E-state index in [-0.39, 0.29) is 17.3 Å². The molecular formula is C15H16N2O4. The van der Waals surface area contributed by atoms with Crippen molar-refractivity contribution < 1.29 is 19.1 Å². The summed E-state index contributed by atoms with van der Waals surface area (Å²) in [6.07, 6.45) is 4.39. The molecule has 0 aliphatic carbocycles. The van der Waals surface area contributed by atoms with Gasteiger partial charge in [-0.25, -0.2) is 4.79 Å². The van der Waals surface area contributed by atoms with Gasteiger partial charge in [0.25, 0.3) is 5.91 Å². The Hall–Kier alpha value is -2.63. The molecule has 1 amide bonds. The van der Waals surface area contributed by atoms with Gasteiger partial charge in [0.1, 0.15) is 11.5 Å². The SMILES string of the molecule is CC(CCc1ccco1)NC(=O)c1ncccc1C(=O)O. The van der Waals surface area contributed by atoms with Gasteiger partial charge in [0, 0.05) is 18.7 Å². The molecule has 2 aromatic rings. The van der Waals surface area contributed by atoms with Crippen LogP contribution >= 0.6 is 0 Å². The Kier molecular flexibility index (Phi) is 4.71. The summed E-state index contributed by atoms with van der Waals surface area (Å²) >= 11 is 0. The summed E-state index contributed by atoms with van der Waals surface area (Å²) in [5.74, 6) is -0.809. The lowest BCUT2D eigenvalue weighted by atomic mass is 10.1. The third kappa shape index (κ3) is 3.92. The predicted molar refractivity (Wildman–Crippen MR) is 75.2 cm³/mol. The van der Waals surface area contributed by atoms with E-state index in [4.69, 9.17) is 9.52 Å². The normalized spacial score (nSPS) is 11.9. The van der Waals surface area contributed by atoms with E-state index in [1.165, 1.54) is 18.3 Å². The lowest BCUT2D eigenvalue weighted by molar-refractivity contribution is 0.0689. The molecule has 6 nitrogen and oxygen atoms in total. The molecule has 0 spiro atoms. The lowest BCUT2D eigenvalue weighted by Gasteiger charge is -2.13. The predicted octanol–water partition coefficient (Wildman–Crippen LogP) is 2.12. The van der Waals surface area contributed by atoms with Gasteiger partial charge in [-0.2, -0.15) is 0 Å². The highest BCUT2D eigenvalue weighted by molar-refractivity contribution is 6.03. The lowest BCUT2D eigenvalue weighted by Crippen LogP contribution is -2.34. The summed E-state index contributed by atoms with van der Waals surface area (Å²) in [5, 5.41) is 11.8. The van der Waals surface area contributed by atoms with Gasteiger partial charge in [0.05, 0.1) is 11.8 Å². The fourth-order valence-corrected chi connectivity index (χ4v) is 1.94. The smallest absolute Gasteiger partial charge is 0.338 e. The first-order chi connectivity index (χ1) is 10.1. The van der Waals surface area contributed by atoms with Gasteiger partial charge < -0.3 is 14.8 Å². The van der Waals surface area contributed by atoms with E-state index in [1.54, 1.807) is 6.26 Å². The molecule has 6 heteroatoms. The van der Waals surface area contributed by atoms with Crippen molar-refractivity contribution in [3.63, 3.8) is 0 Å². The van der Waals surface area contributed by atoms with Crippen LogP contribution in [-0.2, 0) is 6.42 Å². The zero-order chi connectivity index (χ0) is 15.2. The Morgan fingerprint density at radius 1 is 1.38 bits per heavy atom. The second kappa shape index (κ2) is 6.69. The fraction of sp³-hybridized carbons (Fsp3) is 0.267. The Balaban J connectivity index is 1.96. The minimum atomic E-state index is -1.17. The second-order valence-electron chi connectivity index (χ2n) is 4.70. The number of carbonyl (C=O) groups is 2. The molecule has 0 bridgehead atoms. The van der Waals surface area contributed by atoms with Crippen LogP contribution in [0.25, 0.3) is 0 Å². The maximum Gasteiger partial charge on any atom is 0.338 e. The molecule has 21 heavy (non-hydrogen) atoms. The van der Waals surface area contributed by atoms with Gasteiger partial charge in [-0.15, -0.1) is 0 Å². The molecule has 0 radical (unpaired) electrons. The maximum absolute atomic E-state index is 12.1. The molecule has 0 aromatic carbocycles. The Morgan fingerprint density at radius 3 is 2.86 bits per heavy atom. The number of aromatic carboxylic acids is 1. The molecule has 0 aliphatic heterocycles.